The maximum atomic E-state index is 13.1. The van der Waals surface area contributed by atoms with Gasteiger partial charge < -0.3 is 18.6 Å². The summed E-state index contributed by atoms with van der Waals surface area (Å²) in [6.45, 7) is 2.06. The van der Waals surface area contributed by atoms with Gasteiger partial charge in [0.2, 0.25) is 0 Å². The average Bonchev–Trinajstić information content (AvgIpc) is 3.61. The first kappa shape index (κ1) is 27.8. The zero-order valence-electron chi connectivity index (χ0n) is 25.0. The lowest BCUT2D eigenvalue weighted by Gasteiger charge is -2.25. The van der Waals surface area contributed by atoms with Crippen LogP contribution in [0.2, 0.25) is 0 Å². The maximum Gasteiger partial charge on any atom is 0.416 e. The van der Waals surface area contributed by atoms with E-state index in [1.54, 1.807) is 0 Å². The van der Waals surface area contributed by atoms with Gasteiger partial charge >= 0.3 is 6.18 Å². The largest absolute Gasteiger partial charge is 0.456 e. The topological polar surface area (TPSA) is 32.8 Å². The number of nitrogens with zero attached hydrogens (tertiary/aromatic N) is 2. The summed E-state index contributed by atoms with van der Waals surface area (Å²) in [7, 11) is 1.82. The minimum Gasteiger partial charge on any atom is -0.456 e. The molecule has 0 bridgehead atoms. The van der Waals surface area contributed by atoms with Crippen LogP contribution < -0.4 is 9.80 Å². The number of anilines is 5. The molecular weight excluding hydrogens is 585 g/mol. The quantitative estimate of drug-likeness (QED) is 0.194. The number of benzene rings is 6. The Balaban J connectivity index is 1.19. The predicted molar refractivity (Wildman–Crippen MR) is 180 cm³/mol. The molecule has 0 aliphatic rings. The van der Waals surface area contributed by atoms with Gasteiger partial charge in [-0.05, 0) is 91.3 Å². The number of hydrogen-bond acceptors (Lipinski definition) is 4. The van der Waals surface area contributed by atoms with E-state index in [4.69, 9.17) is 8.83 Å². The van der Waals surface area contributed by atoms with Gasteiger partial charge in [-0.2, -0.15) is 13.2 Å². The van der Waals surface area contributed by atoms with Gasteiger partial charge in [0.25, 0.3) is 0 Å². The van der Waals surface area contributed by atoms with Crippen molar-refractivity contribution in [3.8, 4) is 0 Å². The molecule has 226 valence electrons. The van der Waals surface area contributed by atoms with E-state index in [-0.39, 0.29) is 0 Å². The Morgan fingerprint density at radius 2 is 0.935 bits per heavy atom. The highest BCUT2D eigenvalue weighted by molar-refractivity contribution is 6.08. The van der Waals surface area contributed by atoms with Crippen LogP contribution in [0.3, 0.4) is 0 Å². The third-order valence-electron chi connectivity index (χ3n) is 8.55. The molecule has 0 spiro atoms. The second-order valence-corrected chi connectivity index (χ2v) is 11.5. The Morgan fingerprint density at radius 1 is 0.478 bits per heavy atom. The fourth-order valence-electron chi connectivity index (χ4n) is 6.16. The maximum absolute atomic E-state index is 13.1. The summed E-state index contributed by atoms with van der Waals surface area (Å²) < 4.78 is 51.9. The second-order valence-electron chi connectivity index (χ2n) is 11.5. The van der Waals surface area contributed by atoms with E-state index in [0.717, 1.165) is 78.7 Å². The minimum absolute atomic E-state index is 0.640. The van der Waals surface area contributed by atoms with Crippen molar-refractivity contribution in [1.29, 1.82) is 0 Å². The Kier molecular flexibility index (Phi) is 6.32. The van der Waals surface area contributed by atoms with Crippen LogP contribution in [0.5, 0.6) is 0 Å². The molecule has 7 heteroatoms. The molecule has 0 saturated carbocycles. The van der Waals surface area contributed by atoms with Gasteiger partial charge in [0.15, 0.2) is 0 Å². The molecule has 2 aromatic heterocycles. The molecule has 6 aromatic carbocycles. The number of alkyl halides is 3. The van der Waals surface area contributed by atoms with E-state index in [2.05, 4.69) is 72.5 Å². The van der Waals surface area contributed by atoms with Gasteiger partial charge in [-0.3, -0.25) is 0 Å². The number of halogens is 3. The van der Waals surface area contributed by atoms with Crippen molar-refractivity contribution < 1.29 is 22.0 Å². The molecule has 0 N–H and O–H groups in total. The summed E-state index contributed by atoms with van der Waals surface area (Å²) in [5, 5.41) is 4.08. The van der Waals surface area contributed by atoms with E-state index in [9.17, 15) is 13.2 Å². The van der Waals surface area contributed by atoms with Crippen LogP contribution in [-0.2, 0) is 6.18 Å². The van der Waals surface area contributed by atoms with Crippen molar-refractivity contribution in [2.75, 3.05) is 16.8 Å². The predicted octanol–water partition coefficient (Wildman–Crippen LogP) is 12.1. The molecule has 0 aliphatic carbocycles. The molecular formula is C39H27F3N2O2. The molecule has 0 saturated heterocycles. The van der Waals surface area contributed by atoms with Gasteiger partial charge in [-0.15, -0.1) is 0 Å². The Morgan fingerprint density at radius 3 is 1.48 bits per heavy atom. The molecule has 0 radical (unpaired) electrons. The molecule has 0 aliphatic heterocycles. The third kappa shape index (κ3) is 4.72. The zero-order valence-corrected chi connectivity index (χ0v) is 25.0. The fraction of sp³-hybridized carbons (Fsp3) is 0.0769. The van der Waals surface area contributed by atoms with Crippen LogP contribution in [0, 0.1) is 6.92 Å². The van der Waals surface area contributed by atoms with Crippen molar-refractivity contribution in [2.24, 2.45) is 0 Å². The van der Waals surface area contributed by atoms with Gasteiger partial charge in [0.1, 0.15) is 22.3 Å². The second kappa shape index (κ2) is 10.4. The number of furan rings is 2. The summed E-state index contributed by atoms with van der Waals surface area (Å²) in [5.74, 6) is 0. The average molecular weight is 613 g/mol. The van der Waals surface area contributed by atoms with Crippen LogP contribution in [-0.4, -0.2) is 7.05 Å². The fourth-order valence-corrected chi connectivity index (χ4v) is 6.16. The van der Waals surface area contributed by atoms with E-state index in [1.165, 1.54) is 12.1 Å². The minimum atomic E-state index is -4.38. The molecule has 4 nitrogen and oxygen atoms in total. The smallest absolute Gasteiger partial charge is 0.416 e. The number of fused-ring (bicyclic) bond motifs is 6. The summed E-state index contributed by atoms with van der Waals surface area (Å²) in [4.78, 5) is 4.01. The van der Waals surface area contributed by atoms with Crippen LogP contribution in [0.1, 0.15) is 11.1 Å². The highest BCUT2D eigenvalue weighted by Crippen LogP contribution is 2.41. The molecule has 0 unspecified atom stereocenters. The standard InChI is InChI=1S/C39H27F3N2O2/c1-24-8-16-31-33-18-14-29(22-37(33)45-35(31)20-24)44(27-6-4-3-5-7-27)30-15-19-34-32-17-13-28(21-36(32)46-38(34)23-30)43(2)26-11-9-25(10-12-26)39(40,41)42/h3-23H,1-2H3. The highest BCUT2D eigenvalue weighted by Gasteiger charge is 2.30. The van der Waals surface area contributed by atoms with Gasteiger partial charge in [-0.25, -0.2) is 0 Å². The van der Waals surface area contributed by atoms with Crippen LogP contribution in [0.25, 0.3) is 43.9 Å². The monoisotopic (exact) mass is 612 g/mol. The lowest BCUT2D eigenvalue weighted by Crippen LogP contribution is -2.10. The normalized spacial score (nSPS) is 12.0. The van der Waals surface area contributed by atoms with E-state index in [0.29, 0.717) is 11.3 Å². The van der Waals surface area contributed by atoms with E-state index < -0.39 is 11.7 Å². The molecule has 0 atom stereocenters. The molecule has 46 heavy (non-hydrogen) atoms. The number of rotatable bonds is 5. The van der Waals surface area contributed by atoms with Gasteiger partial charge in [0, 0.05) is 75.2 Å². The molecule has 0 fully saturated rings. The van der Waals surface area contributed by atoms with Crippen molar-refractivity contribution in [1.82, 2.24) is 0 Å². The summed E-state index contributed by atoms with van der Waals surface area (Å²) in [6, 6.07) is 39.9. The van der Waals surface area contributed by atoms with Crippen LogP contribution in [0.15, 0.2) is 136 Å². The van der Waals surface area contributed by atoms with Gasteiger partial charge in [0.05, 0.1) is 5.56 Å². The summed E-state index contributed by atoms with van der Waals surface area (Å²) in [6.07, 6.45) is -4.38. The van der Waals surface area contributed by atoms with Crippen molar-refractivity contribution >= 4 is 72.3 Å². The third-order valence-corrected chi connectivity index (χ3v) is 8.55. The number of aryl methyl sites for hydroxylation is 1. The van der Waals surface area contributed by atoms with E-state index in [1.807, 2.05) is 54.4 Å². The molecule has 8 rings (SSSR count). The molecule has 2 heterocycles. The van der Waals surface area contributed by atoms with Crippen LogP contribution >= 0.6 is 0 Å². The van der Waals surface area contributed by atoms with Crippen molar-refractivity contribution in [2.45, 2.75) is 13.1 Å². The first-order chi connectivity index (χ1) is 22.2. The molecule has 8 aromatic rings. The number of hydrogen-bond donors (Lipinski definition) is 0. The Bertz CT molecular complexity index is 2390. The van der Waals surface area contributed by atoms with E-state index >= 15 is 0 Å². The van der Waals surface area contributed by atoms with Crippen LogP contribution in [0.4, 0.5) is 41.6 Å². The first-order valence-electron chi connectivity index (χ1n) is 14.9. The SMILES string of the molecule is Cc1ccc2c(c1)oc1cc(N(c3ccccc3)c3ccc4c(c3)oc3cc(N(C)c5ccc(C(F)(F)F)cc5)ccc34)ccc12. The molecule has 0 amide bonds. The van der Waals surface area contributed by atoms with Crippen molar-refractivity contribution in [3.63, 3.8) is 0 Å². The number of para-hydroxylation sites is 1. The lowest BCUT2D eigenvalue weighted by molar-refractivity contribution is -0.137. The Hall–Kier alpha value is -5.69. The zero-order chi connectivity index (χ0) is 31.6. The summed E-state index contributed by atoms with van der Waals surface area (Å²) >= 11 is 0. The summed E-state index contributed by atoms with van der Waals surface area (Å²) in [5.41, 5.74) is 7.87. The Labute approximate surface area is 262 Å². The highest BCUT2D eigenvalue weighted by atomic mass is 19.4. The lowest BCUT2D eigenvalue weighted by atomic mass is 10.1. The van der Waals surface area contributed by atoms with Gasteiger partial charge in [-0.1, -0.05) is 30.3 Å². The van der Waals surface area contributed by atoms with Crippen molar-refractivity contribution in [3.05, 3.63) is 139 Å². The first-order valence-corrected chi connectivity index (χ1v) is 14.9.